The Bertz CT molecular complexity index is 1150. The average molecular weight is 502 g/mol. The van der Waals surface area contributed by atoms with E-state index in [0.29, 0.717) is 24.2 Å². The van der Waals surface area contributed by atoms with Crippen molar-refractivity contribution in [2.45, 2.75) is 51.1 Å². The van der Waals surface area contributed by atoms with E-state index in [4.69, 9.17) is 0 Å². The molecular formula is C23H27F4N3O3S. The topological polar surface area (TPSA) is 79.4 Å². The summed E-state index contributed by atoms with van der Waals surface area (Å²) in [5, 5.41) is 0. The van der Waals surface area contributed by atoms with Crippen molar-refractivity contribution in [3.63, 3.8) is 0 Å². The molecule has 0 spiro atoms. The fraction of sp³-hybridized carbons (Fsp3) is 0.478. The van der Waals surface area contributed by atoms with Gasteiger partial charge in [0.05, 0.1) is 11.9 Å². The third kappa shape index (κ3) is 6.68. The summed E-state index contributed by atoms with van der Waals surface area (Å²) in [5.41, 5.74) is -0.236. The van der Waals surface area contributed by atoms with E-state index in [1.165, 1.54) is 18.2 Å². The standard InChI is InChI=1S/C23H27F4N3O3S/c1-15(17-6-9-19(18(24)14-17)29-34(2,32)33)20(31)10-7-16-8-11-21(23(25,26)27)28-22(16)30-12-4-3-5-13-30/h6,8-9,11,14-15,29H,3-5,7,10,12-13H2,1-2H3. The highest BCUT2D eigenvalue weighted by atomic mass is 32.2. The number of anilines is 2. The van der Waals surface area contributed by atoms with Crippen molar-refractivity contribution in [3.8, 4) is 0 Å². The first-order chi connectivity index (χ1) is 15.8. The number of pyridine rings is 1. The Balaban J connectivity index is 1.75. The number of aryl methyl sites for hydroxylation is 1. The van der Waals surface area contributed by atoms with Gasteiger partial charge in [-0.1, -0.05) is 19.1 Å². The number of nitrogens with one attached hydrogen (secondary N) is 1. The van der Waals surface area contributed by atoms with Crippen molar-refractivity contribution in [3.05, 3.63) is 53.0 Å². The number of carbonyl (C=O) groups excluding carboxylic acids is 1. The Morgan fingerprint density at radius 1 is 1.15 bits per heavy atom. The van der Waals surface area contributed by atoms with Gasteiger partial charge in [-0.25, -0.2) is 17.8 Å². The van der Waals surface area contributed by atoms with Crippen LogP contribution in [0.3, 0.4) is 0 Å². The Morgan fingerprint density at radius 2 is 1.82 bits per heavy atom. The maximum Gasteiger partial charge on any atom is 0.433 e. The predicted molar refractivity (Wildman–Crippen MR) is 122 cm³/mol. The van der Waals surface area contributed by atoms with Crippen LogP contribution in [0.1, 0.15) is 55.3 Å². The van der Waals surface area contributed by atoms with Gasteiger partial charge < -0.3 is 4.90 Å². The van der Waals surface area contributed by atoms with Crippen LogP contribution in [0.15, 0.2) is 30.3 Å². The molecule has 0 bridgehead atoms. The highest BCUT2D eigenvalue weighted by Crippen LogP contribution is 2.32. The third-order valence-corrected chi connectivity index (χ3v) is 6.40. The second-order valence-corrected chi connectivity index (χ2v) is 10.3. The molecule has 3 rings (SSSR count). The predicted octanol–water partition coefficient (Wildman–Crippen LogP) is 4.91. The average Bonchev–Trinajstić information content (AvgIpc) is 2.77. The first-order valence-electron chi connectivity index (χ1n) is 11.0. The number of carbonyl (C=O) groups is 1. The maximum absolute atomic E-state index is 14.3. The van der Waals surface area contributed by atoms with Crippen molar-refractivity contribution in [2.75, 3.05) is 29.0 Å². The molecule has 2 aromatic rings. The zero-order chi connectivity index (χ0) is 25.1. The fourth-order valence-electron chi connectivity index (χ4n) is 3.95. The van der Waals surface area contributed by atoms with Crippen LogP contribution in [-0.4, -0.2) is 38.5 Å². The molecule has 11 heteroatoms. The Hall–Kier alpha value is -2.69. The van der Waals surface area contributed by atoms with Crippen LogP contribution in [0.4, 0.5) is 29.1 Å². The van der Waals surface area contributed by atoms with Crippen molar-refractivity contribution < 1.29 is 30.8 Å². The van der Waals surface area contributed by atoms with Gasteiger partial charge in [0.1, 0.15) is 23.1 Å². The Labute approximate surface area is 196 Å². The lowest BCUT2D eigenvalue weighted by Gasteiger charge is -2.30. The summed E-state index contributed by atoms with van der Waals surface area (Å²) in [7, 11) is -3.65. The quantitative estimate of drug-likeness (QED) is 0.520. The molecule has 1 saturated heterocycles. The van der Waals surface area contributed by atoms with Crippen LogP contribution in [0.2, 0.25) is 0 Å². The highest BCUT2D eigenvalue weighted by molar-refractivity contribution is 7.92. The summed E-state index contributed by atoms with van der Waals surface area (Å²) in [4.78, 5) is 18.5. The summed E-state index contributed by atoms with van der Waals surface area (Å²) in [5.74, 6) is -1.44. The van der Waals surface area contributed by atoms with Gasteiger partial charge in [-0.3, -0.25) is 9.52 Å². The summed E-state index contributed by atoms with van der Waals surface area (Å²) in [6.07, 6.45) is -0.672. The molecule has 34 heavy (non-hydrogen) atoms. The molecule has 6 nitrogen and oxygen atoms in total. The van der Waals surface area contributed by atoms with E-state index >= 15 is 0 Å². The number of sulfonamides is 1. The van der Waals surface area contributed by atoms with Crippen LogP contribution in [-0.2, 0) is 27.4 Å². The van der Waals surface area contributed by atoms with Gasteiger partial charge in [0.25, 0.3) is 0 Å². The Kier molecular flexibility index (Phi) is 7.84. The molecule has 1 aliphatic heterocycles. The van der Waals surface area contributed by atoms with Gasteiger partial charge in [-0.15, -0.1) is 0 Å². The molecular weight excluding hydrogens is 474 g/mol. The number of aromatic nitrogens is 1. The molecule has 1 atom stereocenters. The van der Waals surface area contributed by atoms with Gasteiger partial charge in [0.15, 0.2) is 0 Å². The smallest absolute Gasteiger partial charge is 0.356 e. The van der Waals surface area contributed by atoms with Crippen molar-refractivity contribution in [1.29, 1.82) is 0 Å². The number of piperidine rings is 1. The first-order valence-corrected chi connectivity index (χ1v) is 12.9. The number of Topliss-reactive ketones (excluding diaryl/α,β-unsaturated/α-hetero) is 1. The minimum absolute atomic E-state index is 0.0417. The first kappa shape index (κ1) is 25.9. The molecule has 0 amide bonds. The van der Waals surface area contributed by atoms with Gasteiger partial charge in [-0.05, 0) is 55.0 Å². The lowest BCUT2D eigenvalue weighted by molar-refractivity contribution is -0.141. The number of rotatable bonds is 8. The molecule has 2 heterocycles. The number of ketones is 1. The number of hydrogen-bond donors (Lipinski definition) is 1. The van der Waals surface area contributed by atoms with Crippen LogP contribution in [0.25, 0.3) is 0 Å². The zero-order valence-electron chi connectivity index (χ0n) is 19.0. The largest absolute Gasteiger partial charge is 0.433 e. The Morgan fingerprint density at radius 3 is 2.41 bits per heavy atom. The number of alkyl halides is 3. The summed E-state index contributed by atoms with van der Waals surface area (Å²) >= 11 is 0. The molecule has 1 unspecified atom stereocenters. The van der Waals surface area contributed by atoms with E-state index in [0.717, 1.165) is 37.7 Å². The van der Waals surface area contributed by atoms with Crippen LogP contribution in [0.5, 0.6) is 0 Å². The van der Waals surface area contributed by atoms with Crippen LogP contribution in [0, 0.1) is 5.82 Å². The SMILES string of the molecule is CC(C(=O)CCc1ccc(C(F)(F)F)nc1N1CCCCC1)c1ccc(NS(C)(=O)=O)c(F)c1. The van der Waals surface area contributed by atoms with Crippen molar-refractivity contribution in [1.82, 2.24) is 4.98 Å². The normalized spacial score (nSPS) is 15.8. The number of nitrogens with zero attached hydrogens (tertiary/aromatic N) is 2. The molecule has 1 aromatic carbocycles. The molecule has 0 radical (unpaired) electrons. The monoisotopic (exact) mass is 501 g/mol. The molecule has 1 N–H and O–H groups in total. The maximum atomic E-state index is 14.3. The number of hydrogen-bond acceptors (Lipinski definition) is 5. The number of halogens is 4. The fourth-order valence-corrected chi connectivity index (χ4v) is 4.52. The minimum atomic E-state index is -4.56. The van der Waals surface area contributed by atoms with E-state index in [2.05, 4.69) is 9.71 Å². The van der Waals surface area contributed by atoms with E-state index in [9.17, 15) is 30.8 Å². The summed E-state index contributed by atoms with van der Waals surface area (Å²) in [6, 6.07) is 6.14. The molecule has 1 aliphatic rings. The second-order valence-electron chi connectivity index (χ2n) is 8.53. The van der Waals surface area contributed by atoms with Crippen LogP contribution < -0.4 is 9.62 Å². The van der Waals surface area contributed by atoms with E-state index in [1.807, 2.05) is 4.90 Å². The molecule has 1 aromatic heterocycles. The van der Waals surface area contributed by atoms with Gasteiger partial charge in [0.2, 0.25) is 10.0 Å². The van der Waals surface area contributed by atoms with Crippen molar-refractivity contribution in [2.24, 2.45) is 0 Å². The molecule has 0 saturated carbocycles. The summed E-state index contributed by atoms with van der Waals surface area (Å²) < 4.78 is 78.7. The molecule has 0 aliphatic carbocycles. The second kappa shape index (κ2) is 10.3. The zero-order valence-corrected chi connectivity index (χ0v) is 19.8. The van der Waals surface area contributed by atoms with Crippen LogP contribution >= 0.6 is 0 Å². The lowest BCUT2D eigenvalue weighted by atomic mass is 9.92. The van der Waals surface area contributed by atoms with Gasteiger partial charge >= 0.3 is 6.18 Å². The third-order valence-electron chi connectivity index (χ3n) is 5.81. The lowest BCUT2D eigenvalue weighted by Crippen LogP contribution is -2.31. The minimum Gasteiger partial charge on any atom is -0.356 e. The van der Waals surface area contributed by atoms with E-state index < -0.39 is 33.6 Å². The molecule has 186 valence electrons. The van der Waals surface area contributed by atoms with E-state index in [-0.39, 0.29) is 30.1 Å². The summed E-state index contributed by atoms with van der Waals surface area (Å²) in [6.45, 7) is 2.83. The van der Waals surface area contributed by atoms with Gasteiger partial charge in [0, 0.05) is 25.4 Å². The van der Waals surface area contributed by atoms with Crippen molar-refractivity contribution >= 4 is 27.3 Å². The molecule has 1 fully saturated rings. The highest BCUT2D eigenvalue weighted by Gasteiger charge is 2.34. The van der Waals surface area contributed by atoms with Gasteiger partial charge in [-0.2, -0.15) is 13.2 Å². The number of benzene rings is 1. The van der Waals surface area contributed by atoms with E-state index in [1.54, 1.807) is 6.92 Å².